The smallest absolute Gasteiger partial charge is 0.251 e. The molecule has 2 fully saturated rings. The zero-order valence-corrected chi connectivity index (χ0v) is 13.6. The molecule has 2 atom stereocenters. The number of hydrogen-bond donors (Lipinski definition) is 2. The van der Waals surface area contributed by atoms with Crippen LogP contribution in [-0.4, -0.2) is 32.8 Å². The predicted octanol–water partition coefficient (Wildman–Crippen LogP) is 1.90. The number of carbonyl (C=O) groups excluding carboxylic acids is 1. The largest absolute Gasteiger partial charge is 0.349 e. The molecule has 0 saturated heterocycles. The molecule has 4 rings (SSSR count). The van der Waals surface area contributed by atoms with E-state index in [1.807, 2.05) is 24.3 Å². The highest BCUT2D eigenvalue weighted by Gasteiger charge is 2.39. The third kappa shape index (κ3) is 2.94. The van der Waals surface area contributed by atoms with Gasteiger partial charge >= 0.3 is 0 Å². The summed E-state index contributed by atoms with van der Waals surface area (Å²) < 4.78 is 1.66. The molecule has 2 bridgehead atoms. The Kier molecular flexibility index (Phi) is 4.06. The maximum Gasteiger partial charge on any atom is 0.251 e. The molecular weight excluding hydrogens is 302 g/mol. The van der Waals surface area contributed by atoms with E-state index in [0.717, 1.165) is 18.5 Å². The van der Waals surface area contributed by atoms with Gasteiger partial charge in [-0.2, -0.15) is 5.10 Å². The highest BCUT2D eigenvalue weighted by molar-refractivity contribution is 5.95. The molecule has 2 unspecified atom stereocenters. The highest BCUT2D eigenvalue weighted by Crippen LogP contribution is 2.39. The van der Waals surface area contributed by atoms with Gasteiger partial charge in [0.1, 0.15) is 12.7 Å². The molecule has 2 saturated carbocycles. The molecule has 1 aromatic carbocycles. The molecular formula is C18H23N5O. The minimum Gasteiger partial charge on any atom is -0.349 e. The van der Waals surface area contributed by atoms with E-state index in [2.05, 4.69) is 15.4 Å². The Morgan fingerprint density at radius 1 is 1.25 bits per heavy atom. The summed E-state index contributed by atoms with van der Waals surface area (Å²) in [7, 11) is 0. The van der Waals surface area contributed by atoms with Crippen molar-refractivity contribution >= 4 is 5.91 Å². The minimum atomic E-state index is -0.00524. The fourth-order valence-corrected chi connectivity index (χ4v) is 4.39. The molecule has 24 heavy (non-hydrogen) atoms. The van der Waals surface area contributed by atoms with Gasteiger partial charge < -0.3 is 11.1 Å². The summed E-state index contributed by atoms with van der Waals surface area (Å²) in [4.78, 5) is 16.7. The second-order valence-corrected chi connectivity index (χ2v) is 7.07. The number of hydrogen-bond acceptors (Lipinski definition) is 4. The van der Waals surface area contributed by atoms with E-state index in [9.17, 15) is 4.79 Å². The third-order valence-corrected chi connectivity index (χ3v) is 5.47. The SMILES string of the molecule is NC1CC2CCCC(C1)C2NC(=O)c1cccc(-n2cncn2)c1. The lowest BCUT2D eigenvalue weighted by Gasteiger charge is -2.45. The first-order chi connectivity index (χ1) is 11.7. The van der Waals surface area contributed by atoms with Gasteiger partial charge in [-0.05, 0) is 55.7 Å². The van der Waals surface area contributed by atoms with Crippen molar-refractivity contribution in [3.63, 3.8) is 0 Å². The molecule has 0 spiro atoms. The Balaban J connectivity index is 1.51. The number of aromatic nitrogens is 3. The van der Waals surface area contributed by atoms with E-state index >= 15 is 0 Å². The molecule has 2 aromatic rings. The van der Waals surface area contributed by atoms with Crippen LogP contribution in [0.1, 0.15) is 42.5 Å². The number of fused-ring (bicyclic) bond motifs is 2. The first-order valence-corrected chi connectivity index (χ1v) is 8.72. The lowest BCUT2D eigenvalue weighted by Crippen LogP contribution is -2.53. The van der Waals surface area contributed by atoms with Gasteiger partial charge in [-0.3, -0.25) is 4.79 Å². The van der Waals surface area contributed by atoms with E-state index in [4.69, 9.17) is 5.73 Å². The average Bonchev–Trinajstić information content (AvgIpc) is 3.10. The summed E-state index contributed by atoms with van der Waals surface area (Å²) in [5.41, 5.74) is 7.68. The quantitative estimate of drug-likeness (QED) is 0.902. The summed E-state index contributed by atoms with van der Waals surface area (Å²) in [6.07, 6.45) is 8.78. The molecule has 6 nitrogen and oxygen atoms in total. The van der Waals surface area contributed by atoms with E-state index < -0.39 is 0 Å². The number of rotatable bonds is 3. The Morgan fingerprint density at radius 2 is 2.04 bits per heavy atom. The van der Waals surface area contributed by atoms with Gasteiger partial charge in [0.05, 0.1) is 5.69 Å². The van der Waals surface area contributed by atoms with Crippen molar-refractivity contribution in [2.75, 3.05) is 0 Å². The topological polar surface area (TPSA) is 85.8 Å². The number of nitrogens with zero attached hydrogens (tertiary/aromatic N) is 3. The van der Waals surface area contributed by atoms with Crippen molar-refractivity contribution in [2.24, 2.45) is 17.6 Å². The number of nitrogens with one attached hydrogen (secondary N) is 1. The number of amides is 1. The van der Waals surface area contributed by atoms with Crippen molar-refractivity contribution in [3.05, 3.63) is 42.5 Å². The molecule has 3 N–H and O–H groups in total. The van der Waals surface area contributed by atoms with Crippen LogP contribution in [-0.2, 0) is 0 Å². The molecule has 0 radical (unpaired) electrons. The van der Waals surface area contributed by atoms with Crippen molar-refractivity contribution in [2.45, 2.75) is 44.2 Å². The first-order valence-electron chi connectivity index (χ1n) is 8.72. The molecule has 2 aliphatic carbocycles. The Hall–Kier alpha value is -2.21. The molecule has 1 heterocycles. The lowest BCUT2D eigenvalue weighted by atomic mass is 9.67. The van der Waals surface area contributed by atoms with Gasteiger partial charge in [-0.25, -0.2) is 9.67 Å². The fraction of sp³-hybridized carbons (Fsp3) is 0.500. The summed E-state index contributed by atoms with van der Waals surface area (Å²) in [5.74, 6) is 1.04. The van der Waals surface area contributed by atoms with Gasteiger partial charge in [0.2, 0.25) is 0 Å². The minimum absolute atomic E-state index is 0.00524. The van der Waals surface area contributed by atoms with Crippen molar-refractivity contribution in [3.8, 4) is 5.69 Å². The molecule has 2 aliphatic rings. The van der Waals surface area contributed by atoms with Crippen LogP contribution in [0.2, 0.25) is 0 Å². The summed E-state index contributed by atoms with van der Waals surface area (Å²) >= 11 is 0. The van der Waals surface area contributed by atoms with Crippen molar-refractivity contribution in [1.29, 1.82) is 0 Å². The van der Waals surface area contributed by atoms with Crippen LogP contribution in [0, 0.1) is 11.8 Å². The van der Waals surface area contributed by atoms with Crippen molar-refractivity contribution < 1.29 is 4.79 Å². The predicted molar refractivity (Wildman–Crippen MR) is 90.7 cm³/mol. The second kappa shape index (κ2) is 6.36. The van der Waals surface area contributed by atoms with Crippen LogP contribution in [0.25, 0.3) is 5.69 Å². The third-order valence-electron chi connectivity index (χ3n) is 5.47. The van der Waals surface area contributed by atoms with E-state index in [0.29, 0.717) is 23.4 Å². The van der Waals surface area contributed by atoms with Crippen molar-refractivity contribution in [1.82, 2.24) is 20.1 Å². The molecule has 1 aromatic heterocycles. The maximum atomic E-state index is 12.8. The van der Waals surface area contributed by atoms with Crippen LogP contribution < -0.4 is 11.1 Å². The van der Waals surface area contributed by atoms with Crippen LogP contribution >= 0.6 is 0 Å². The van der Waals surface area contributed by atoms with E-state index in [1.165, 1.54) is 25.6 Å². The summed E-state index contributed by atoms with van der Waals surface area (Å²) in [6, 6.07) is 8.06. The molecule has 1 amide bonds. The van der Waals surface area contributed by atoms with Crippen LogP contribution in [0.3, 0.4) is 0 Å². The second-order valence-electron chi connectivity index (χ2n) is 7.07. The highest BCUT2D eigenvalue weighted by atomic mass is 16.1. The van der Waals surface area contributed by atoms with Gasteiger partial charge in [0.25, 0.3) is 5.91 Å². The van der Waals surface area contributed by atoms with Crippen LogP contribution in [0.4, 0.5) is 0 Å². The molecule has 0 aliphatic heterocycles. The Bertz CT molecular complexity index is 700. The van der Waals surface area contributed by atoms with Gasteiger partial charge in [0, 0.05) is 17.6 Å². The Morgan fingerprint density at radius 3 is 2.75 bits per heavy atom. The molecule has 6 heteroatoms. The Labute approximate surface area is 141 Å². The standard InChI is InChI=1S/C18H23N5O/c19-15-7-12-3-1-4-13(8-15)17(12)22-18(24)14-5-2-6-16(9-14)23-11-20-10-21-23/h2,5-6,9-13,15,17H,1,3-4,7-8,19H2,(H,22,24). The lowest BCUT2D eigenvalue weighted by molar-refractivity contribution is 0.0756. The van der Waals surface area contributed by atoms with Crippen LogP contribution in [0.15, 0.2) is 36.9 Å². The van der Waals surface area contributed by atoms with E-state index in [1.54, 1.807) is 11.0 Å². The van der Waals surface area contributed by atoms with Gasteiger partial charge in [0.15, 0.2) is 0 Å². The summed E-state index contributed by atoms with van der Waals surface area (Å²) in [5, 5.41) is 7.41. The first kappa shape index (κ1) is 15.3. The maximum absolute atomic E-state index is 12.8. The van der Waals surface area contributed by atoms with Crippen LogP contribution in [0.5, 0.6) is 0 Å². The summed E-state index contributed by atoms with van der Waals surface area (Å²) in [6.45, 7) is 0. The zero-order valence-electron chi connectivity index (χ0n) is 13.6. The number of benzene rings is 1. The fourth-order valence-electron chi connectivity index (χ4n) is 4.39. The van der Waals surface area contributed by atoms with E-state index in [-0.39, 0.29) is 11.9 Å². The average molecular weight is 325 g/mol. The normalized spacial score (nSPS) is 29.2. The van der Waals surface area contributed by atoms with Gasteiger partial charge in [-0.1, -0.05) is 12.5 Å². The number of nitrogens with two attached hydrogens (primary N) is 1. The zero-order chi connectivity index (χ0) is 16.5. The van der Waals surface area contributed by atoms with Gasteiger partial charge in [-0.15, -0.1) is 0 Å². The number of carbonyl (C=O) groups is 1. The molecule has 126 valence electrons. The monoisotopic (exact) mass is 325 g/mol.